The van der Waals surface area contributed by atoms with Gasteiger partial charge in [0.1, 0.15) is 5.69 Å². The normalized spacial score (nSPS) is 23.2. The monoisotopic (exact) mass is 342 g/mol. The highest BCUT2D eigenvalue weighted by atomic mass is 19.1. The number of aromatic nitrogens is 4. The third kappa shape index (κ3) is 3.16. The van der Waals surface area contributed by atoms with Crippen molar-refractivity contribution in [1.82, 2.24) is 24.8 Å². The van der Waals surface area contributed by atoms with Crippen molar-refractivity contribution in [3.8, 4) is 0 Å². The molecule has 1 atom stereocenters. The molecule has 8 heteroatoms. The molecule has 2 aromatic rings. The summed E-state index contributed by atoms with van der Waals surface area (Å²) in [4.78, 5) is 32.9. The molecule has 0 bridgehead atoms. The summed E-state index contributed by atoms with van der Waals surface area (Å²) in [6.45, 7) is 3.03. The predicted octanol–water partition coefficient (Wildman–Crippen LogP) is 1.54. The molecule has 130 valence electrons. The van der Waals surface area contributed by atoms with E-state index in [4.69, 9.17) is 0 Å². The topological polar surface area (TPSA) is 75.1 Å². The van der Waals surface area contributed by atoms with Crippen molar-refractivity contribution >= 4 is 11.9 Å². The van der Waals surface area contributed by atoms with Crippen LogP contribution in [-0.2, 0) is 0 Å². The molecule has 0 N–H and O–H groups in total. The van der Waals surface area contributed by atoms with E-state index in [-0.39, 0.29) is 11.3 Å². The third-order valence-electron chi connectivity index (χ3n) is 5.06. The quantitative estimate of drug-likeness (QED) is 0.824. The summed E-state index contributed by atoms with van der Waals surface area (Å²) < 4.78 is 13.0. The van der Waals surface area contributed by atoms with Crippen LogP contribution in [0.4, 0.5) is 10.3 Å². The van der Waals surface area contributed by atoms with Gasteiger partial charge >= 0.3 is 0 Å². The Bertz CT molecular complexity index is 755. The van der Waals surface area contributed by atoms with Crippen LogP contribution in [0.3, 0.4) is 0 Å². The molecule has 1 amide bonds. The minimum atomic E-state index is -0.434. The molecule has 2 aliphatic heterocycles. The molecule has 1 spiro atoms. The molecule has 4 rings (SSSR count). The summed E-state index contributed by atoms with van der Waals surface area (Å²) >= 11 is 0. The van der Waals surface area contributed by atoms with Crippen LogP contribution >= 0.6 is 0 Å². The highest BCUT2D eigenvalue weighted by Gasteiger charge is 2.43. The Kier molecular flexibility index (Phi) is 4.03. The summed E-state index contributed by atoms with van der Waals surface area (Å²) in [5, 5.41) is 0. The molecule has 25 heavy (non-hydrogen) atoms. The first kappa shape index (κ1) is 15.9. The number of anilines is 1. The van der Waals surface area contributed by atoms with Gasteiger partial charge in [0.25, 0.3) is 5.91 Å². The van der Waals surface area contributed by atoms with E-state index in [0.717, 1.165) is 38.9 Å². The lowest BCUT2D eigenvalue weighted by atomic mass is 9.79. The standard InChI is InChI=1S/C17H19FN6O/c18-13-8-21-16(22-9-13)24-7-3-17(12-24)2-1-6-23(11-17)15(25)14-10-19-4-5-20-14/h4-5,8-10H,1-3,6-7,11-12H2. The number of halogens is 1. The van der Waals surface area contributed by atoms with E-state index in [0.29, 0.717) is 18.2 Å². The predicted molar refractivity (Wildman–Crippen MR) is 88.4 cm³/mol. The molecule has 2 fully saturated rings. The van der Waals surface area contributed by atoms with Crippen LogP contribution in [0.1, 0.15) is 29.8 Å². The van der Waals surface area contributed by atoms with E-state index in [2.05, 4.69) is 24.8 Å². The fourth-order valence-corrected chi connectivity index (χ4v) is 3.86. The largest absolute Gasteiger partial charge is 0.340 e. The maximum absolute atomic E-state index is 13.0. The van der Waals surface area contributed by atoms with E-state index in [1.54, 1.807) is 6.20 Å². The number of piperidine rings is 1. The molecule has 0 aromatic carbocycles. The molecule has 4 heterocycles. The number of rotatable bonds is 2. The SMILES string of the molecule is O=C(c1cnccn1)N1CCCC2(CCN(c3ncc(F)cn3)C2)C1. The summed E-state index contributed by atoms with van der Waals surface area (Å²) in [7, 11) is 0. The van der Waals surface area contributed by atoms with Gasteiger partial charge < -0.3 is 9.80 Å². The Labute approximate surface area is 144 Å². The van der Waals surface area contributed by atoms with Crippen molar-refractivity contribution < 1.29 is 9.18 Å². The Hall–Kier alpha value is -2.64. The second-order valence-electron chi connectivity index (χ2n) is 6.79. The fourth-order valence-electron chi connectivity index (χ4n) is 3.86. The number of hydrogen-bond donors (Lipinski definition) is 0. The molecular weight excluding hydrogens is 323 g/mol. The van der Waals surface area contributed by atoms with Gasteiger partial charge in [-0.2, -0.15) is 0 Å². The van der Waals surface area contributed by atoms with E-state index in [9.17, 15) is 9.18 Å². The summed E-state index contributed by atoms with van der Waals surface area (Å²) in [5.74, 6) is 0.0513. The van der Waals surface area contributed by atoms with E-state index < -0.39 is 5.82 Å². The van der Waals surface area contributed by atoms with Crippen LogP contribution in [0.25, 0.3) is 0 Å². The summed E-state index contributed by atoms with van der Waals surface area (Å²) in [6, 6.07) is 0. The maximum atomic E-state index is 13.0. The Morgan fingerprint density at radius 3 is 2.64 bits per heavy atom. The number of likely N-dealkylation sites (tertiary alicyclic amines) is 1. The molecule has 2 aliphatic rings. The van der Waals surface area contributed by atoms with Gasteiger partial charge in [-0.15, -0.1) is 0 Å². The zero-order chi connectivity index (χ0) is 17.3. The highest BCUT2D eigenvalue weighted by molar-refractivity contribution is 5.92. The molecule has 0 radical (unpaired) electrons. The smallest absolute Gasteiger partial charge is 0.274 e. The second kappa shape index (κ2) is 6.34. The number of carbonyl (C=O) groups is 1. The van der Waals surface area contributed by atoms with Gasteiger partial charge in [-0.05, 0) is 19.3 Å². The van der Waals surface area contributed by atoms with E-state index in [1.807, 2.05) is 4.90 Å². The lowest BCUT2D eigenvalue weighted by Crippen LogP contribution is -2.47. The van der Waals surface area contributed by atoms with Crippen molar-refractivity contribution in [3.63, 3.8) is 0 Å². The average molecular weight is 342 g/mol. The van der Waals surface area contributed by atoms with Crippen LogP contribution < -0.4 is 4.90 Å². The van der Waals surface area contributed by atoms with Crippen molar-refractivity contribution in [2.24, 2.45) is 5.41 Å². The van der Waals surface area contributed by atoms with Crippen LogP contribution in [-0.4, -0.2) is 56.9 Å². The van der Waals surface area contributed by atoms with Crippen LogP contribution in [0.15, 0.2) is 31.0 Å². The van der Waals surface area contributed by atoms with Gasteiger partial charge in [-0.25, -0.2) is 19.3 Å². The summed E-state index contributed by atoms with van der Waals surface area (Å²) in [6.07, 6.45) is 9.99. The van der Waals surface area contributed by atoms with Gasteiger partial charge in [0, 0.05) is 44.0 Å². The van der Waals surface area contributed by atoms with E-state index in [1.165, 1.54) is 24.8 Å². The van der Waals surface area contributed by atoms with E-state index >= 15 is 0 Å². The minimum absolute atomic E-state index is 0.0356. The highest BCUT2D eigenvalue weighted by Crippen LogP contribution is 2.40. The Balaban J connectivity index is 1.47. The van der Waals surface area contributed by atoms with Crippen LogP contribution in [0.5, 0.6) is 0 Å². The number of nitrogens with zero attached hydrogens (tertiary/aromatic N) is 6. The van der Waals surface area contributed by atoms with Gasteiger partial charge in [0.15, 0.2) is 5.82 Å². The average Bonchev–Trinajstić information content (AvgIpc) is 3.05. The molecule has 7 nitrogen and oxygen atoms in total. The van der Waals surface area contributed by atoms with Crippen molar-refractivity contribution in [2.45, 2.75) is 19.3 Å². The van der Waals surface area contributed by atoms with Crippen LogP contribution in [0.2, 0.25) is 0 Å². The third-order valence-corrected chi connectivity index (χ3v) is 5.06. The molecule has 1 unspecified atom stereocenters. The van der Waals surface area contributed by atoms with Gasteiger partial charge in [-0.3, -0.25) is 9.78 Å². The first-order chi connectivity index (χ1) is 12.2. The van der Waals surface area contributed by atoms with Crippen molar-refractivity contribution in [1.29, 1.82) is 0 Å². The number of carbonyl (C=O) groups excluding carboxylic acids is 1. The fraction of sp³-hybridized carbons (Fsp3) is 0.471. The minimum Gasteiger partial charge on any atom is -0.340 e. The van der Waals surface area contributed by atoms with Gasteiger partial charge in [0.05, 0.1) is 18.6 Å². The lowest BCUT2D eigenvalue weighted by molar-refractivity contribution is 0.0550. The Morgan fingerprint density at radius 1 is 1.04 bits per heavy atom. The lowest BCUT2D eigenvalue weighted by Gasteiger charge is -2.40. The first-order valence-corrected chi connectivity index (χ1v) is 8.43. The molecule has 0 aliphatic carbocycles. The molecule has 0 saturated carbocycles. The Morgan fingerprint density at radius 2 is 1.88 bits per heavy atom. The second-order valence-corrected chi connectivity index (χ2v) is 6.79. The zero-order valence-electron chi connectivity index (χ0n) is 13.8. The van der Waals surface area contributed by atoms with Gasteiger partial charge in [0.2, 0.25) is 5.95 Å². The van der Waals surface area contributed by atoms with Crippen molar-refractivity contribution in [2.75, 3.05) is 31.1 Å². The number of hydrogen-bond acceptors (Lipinski definition) is 6. The summed E-state index contributed by atoms with van der Waals surface area (Å²) in [5.41, 5.74) is 0.421. The van der Waals surface area contributed by atoms with Crippen LogP contribution in [0, 0.1) is 11.2 Å². The van der Waals surface area contributed by atoms with Crippen molar-refractivity contribution in [3.05, 3.63) is 42.5 Å². The molecular formula is C17H19FN6O. The molecule has 2 aromatic heterocycles. The zero-order valence-corrected chi connectivity index (χ0v) is 13.8. The number of amides is 1. The maximum Gasteiger partial charge on any atom is 0.274 e. The molecule has 2 saturated heterocycles. The van der Waals surface area contributed by atoms with Gasteiger partial charge in [-0.1, -0.05) is 0 Å². The first-order valence-electron chi connectivity index (χ1n) is 8.43.